The molecular formula is C7H15N. The predicted molar refractivity (Wildman–Crippen MR) is 35.9 cm³/mol. The minimum Gasteiger partial charge on any atom is -0.316 e. The van der Waals surface area contributed by atoms with Crippen molar-refractivity contribution in [3.8, 4) is 0 Å². The average Bonchev–Trinajstić information content (AvgIpc) is 1.66. The van der Waals surface area contributed by atoms with Crippen LogP contribution in [0.3, 0.4) is 0 Å². The largest absolute Gasteiger partial charge is 0.316 e. The zero-order valence-corrected chi connectivity index (χ0v) is 5.99. The predicted octanol–water partition coefficient (Wildman–Crippen LogP) is 1.39. The van der Waals surface area contributed by atoms with Crippen LogP contribution in [0.25, 0.3) is 0 Å². The molecule has 1 fully saturated rings. The molecule has 0 heterocycles. The quantitative estimate of drug-likeness (QED) is 0.542. The van der Waals surface area contributed by atoms with Crippen LogP contribution in [0.2, 0.25) is 0 Å². The second kappa shape index (κ2) is 1.73. The van der Waals surface area contributed by atoms with Crippen LogP contribution in [0.15, 0.2) is 0 Å². The summed E-state index contributed by atoms with van der Waals surface area (Å²) < 4.78 is 0. The molecule has 0 bridgehead atoms. The number of hydrogen-bond donors (Lipinski definition) is 1. The van der Waals surface area contributed by atoms with Crippen molar-refractivity contribution in [2.24, 2.45) is 5.41 Å². The van der Waals surface area contributed by atoms with Gasteiger partial charge in [-0.05, 0) is 25.3 Å². The molecule has 1 nitrogen and oxygen atoms in total. The fourth-order valence-corrected chi connectivity index (χ4v) is 1.40. The highest BCUT2D eigenvalue weighted by Crippen LogP contribution is 2.39. The topological polar surface area (TPSA) is 12.0 Å². The van der Waals surface area contributed by atoms with Crippen LogP contribution in [0.1, 0.15) is 26.7 Å². The highest BCUT2D eigenvalue weighted by Gasteiger charge is 2.36. The first-order valence-corrected chi connectivity index (χ1v) is 3.34. The first-order valence-electron chi connectivity index (χ1n) is 3.34. The minimum atomic E-state index is 0.578. The van der Waals surface area contributed by atoms with Crippen molar-refractivity contribution in [3.05, 3.63) is 0 Å². The highest BCUT2D eigenvalue weighted by atomic mass is 14.9. The lowest BCUT2D eigenvalue weighted by Gasteiger charge is -2.44. The van der Waals surface area contributed by atoms with E-state index in [1.165, 1.54) is 12.8 Å². The Morgan fingerprint density at radius 1 is 1.50 bits per heavy atom. The Balaban J connectivity index is 2.37. The summed E-state index contributed by atoms with van der Waals surface area (Å²) in [6.07, 6.45) is 2.75. The summed E-state index contributed by atoms with van der Waals surface area (Å²) in [4.78, 5) is 0. The summed E-state index contributed by atoms with van der Waals surface area (Å²) in [7, 11) is 2.05. The molecule has 0 saturated heterocycles. The SMILES string of the molecule is CNC1CCC1(C)C. The first-order chi connectivity index (χ1) is 3.67. The van der Waals surface area contributed by atoms with Crippen molar-refractivity contribution >= 4 is 0 Å². The van der Waals surface area contributed by atoms with Crippen LogP contribution in [0.4, 0.5) is 0 Å². The lowest BCUT2D eigenvalue weighted by molar-refractivity contribution is 0.117. The molecule has 0 amide bonds. The molecular weight excluding hydrogens is 98.1 g/mol. The molecule has 1 heteroatoms. The maximum Gasteiger partial charge on any atom is 0.0115 e. The molecule has 0 spiro atoms. The second-order valence-corrected chi connectivity index (χ2v) is 3.37. The highest BCUT2D eigenvalue weighted by molar-refractivity contribution is 4.92. The Labute approximate surface area is 51.5 Å². The van der Waals surface area contributed by atoms with E-state index in [0.717, 1.165) is 6.04 Å². The van der Waals surface area contributed by atoms with Crippen molar-refractivity contribution in [2.75, 3.05) is 7.05 Å². The Bertz CT molecular complexity index is 84.4. The van der Waals surface area contributed by atoms with Gasteiger partial charge in [0.2, 0.25) is 0 Å². The van der Waals surface area contributed by atoms with Gasteiger partial charge in [0.25, 0.3) is 0 Å². The van der Waals surface area contributed by atoms with Crippen LogP contribution < -0.4 is 5.32 Å². The third-order valence-corrected chi connectivity index (χ3v) is 2.37. The molecule has 0 radical (unpaired) electrons. The Hall–Kier alpha value is -0.0400. The monoisotopic (exact) mass is 113 g/mol. The van der Waals surface area contributed by atoms with Crippen LogP contribution in [-0.2, 0) is 0 Å². The summed E-state index contributed by atoms with van der Waals surface area (Å²) in [5.41, 5.74) is 0.578. The molecule has 1 aliphatic rings. The molecule has 0 aromatic carbocycles. The van der Waals surface area contributed by atoms with E-state index in [2.05, 4.69) is 19.2 Å². The molecule has 1 atom stereocenters. The molecule has 1 aliphatic carbocycles. The third kappa shape index (κ3) is 0.752. The molecule has 0 aliphatic heterocycles. The van der Waals surface area contributed by atoms with Gasteiger partial charge in [-0.25, -0.2) is 0 Å². The first kappa shape index (κ1) is 6.09. The molecule has 8 heavy (non-hydrogen) atoms. The fraction of sp³-hybridized carbons (Fsp3) is 1.00. The summed E-state index contributed by atoms with van der Waals surface area (Å²) >= 11 is 0. The lowest BCUT2D eigenvalue weighted by Crippen LogP contribution is -2.48. The molecule has 48 valence electrons. The van der Waals surface area contributed by atoms with E-state index in [0.29, 0.717) is 5.41 Å². The van der Waals surface area contributed by atoms with Crippen LogP contribution >= 0.6 is 0 Å². The van der Waals surface area contributed by atoms with E-state index in [-0.39, 0.29) is 0 Å². The van der Waals surface area contributed by atoms with E-state index in [1.54, 1.807) is 0 Å². The van der Waals surface area contributed by atoms with Crippen molar-refractivity contribution in [2.45, 2.75) is 32.7 Å². The zero-order chi connectivity index (χ0) is 6.20. The van der Waals surface area contributed by atoms with E-state index in [1.807, 2.05) is 7.05 Å². The van der Waals surface area contributed by atoms with Crippen molar-refractivity contribution in [3.63, 3.8) is 0 Å². The number of rotatable bonds is 1. The van der Waals surface area contributed by atoms with Crippen LogP contribution in [0.5, 0.6) is 0 Å². The van der Waals surface area contributed by atoms with Gasteiger partial charge in [-0.1, -0.05) is 13.8 Å². The van der Waals surface area contributed by atoms with Gasteiger partial charge < -0.3 is 5.32 Å². The van der Waals surface area contributed by atoms with Gasteiger partial charge in [0.05, 0.1) is 0 Å². The molecule has 0 aromatic rings. The van der Waals surface area contributed by atoms with E-state index >= 15 is 0 Å². The van der Waals surface area contributed by atoms with E-state index < -0.39 is 0 Å². The van der Waals surface area contributed by atoms with Gasteiger partial charge in [-0.15, -0.1) is 0 Å². The van der Waals surface area contributed by atoms with Gasteiger partial charge in [0, 0.05) is 6.04 Å². The van der Waals surface area contributed by atoms with E-state index in [4.69, 9.17) is 0 Å². The smallest absolute Gasteiger partial charge is 0.0115 e. The van der Waals surface area contributed by atoms with Gasteiger partial charge in [0.1, 0.15) is 0 Å². The summed E-state index contributed by atoms with van der Waals surface area (Å²) in [6, 6.07) is 0.780. The standard InChI is InChI=1S/C7H15N/c1-7(2)5-4-6(7)8-3/h6,8H,4-5H2,1-3H3. The Morgan fingerprint density at radius 2 is 2.12 bits per heavy atom. The van der Waals surface area contributed by atoms with Crippen LogP contribution in [-0.4, -0.2) is 13.1 Å². The average molecular weight is 113 g/mol. The maximum absolute atomic E-state index is 3.29. The van der Waals surface area contributed by atoms with Crippen molar-refractivity contribution in [1.82, 2.24) is 5.32 Å². The van der Waals surface area contributed by atoms with Gasteiger partial charge >= 0.3 is 0 Å². The third-order valence-electron chi connectivity index (χ3n) is 2.37. The molecule has 0 aromatic heterocycles. The number of hydrogen-bond acceptors (Lipinski definition) is 1. The van der Waals surface area contributed by atoms with Crippen LogP contribution in [0, 0.1) is 5.41 Å². The Kier molecular flexibility index (Phi) is 1.31. The van der Waals surface area contributed by atoms with E-state index in [9.17, 15) is 0 Å². The Morgan fingerprint density at radius 3 is 2.12 bits per heavy atom. The molecule has 1 N–H and O–H groups in total. The maximum atomic E-state index is 3.29. The molecule has 1 saturated carbocycles. The second-order valence-electron chi connectivity index (χ2n) is 3.37. The minimum absolute atomic E-state index is 0.578. The van der Waals surface area contributed by atoms with Gasteiger partial charge in [-0.3, -0.25) is 0 Å². The summed E-state index contributed by atoms with van der Waals surface area (Å²) in [5, 5.41) is 3.29. The summed E-state index contributed by atoms with van der Waals surface area (Å²) in [6.45, 7) is 4.63. The fourth-order valence-electron chi connectivity index (χ4n) is 1.40. The summed E-state index contributed by atoms with van der Waals surface area (Å²) in [5.74, 6) is 0. The number of nitrogens with one attached hydrogen (secondary N) is 1. The molecule has 1 rings (SSSR count). The molecule has 1 unspecified atom stereocenters. The van der Waals surface area contributed by atoms with Crippen molar-refractivity contribution < 1.29 is 0 Å². The normalized spacial score (nSPS) is 34.1. The van der Waals surface area contributed by atoms with Gasteiger partial charge in [0.15, 0.2) is 0 Å². The zero-order valence-electron chi connectivity index (χ0n) is 5.99. The van der Waals surface area contributed by atoms with Crippen molar-refractivity contribution in [1.29, 1.82) is 0 Å². The lowest BCUT2D eigenvalue weighted by atomic mass is 9.67. The van der Waals surface area contributed by atoms with Gasteiger partial charge in [-0.2, -0.15) is 0 Å².